The Kier molecular flexibility index (Phi) is 7.14. The highest BCUT2D eigenvalue weighted by Crippen LogP contribution is 2.42. The Hall–Kier alpha value is -0.830. The molecule has 0 spiro atoms. The lowest BCUT2D eigenvalue weighted by atomic mass is 9.86. The third-order valence-electron chi connectivity index (χ3n) is 4.52. The van der Waals surface area contributed by atoms with E-state index < -0.39 is 0 Å². The van der Waals surface area contributed by atoms with E-state index in [0.29, 0.717) is 36.7 Å². The van der Waals surface area contributed by atoms with Crippen molar-refractivity contribution in [3.05, 3.63) is 12.2 Å². The molecule has 0 aromatic rings. The van der Waals surface area contributed by atoms with Gasteiger partial charge in [-0.2, -0.15) is 0 Å². The first-order valence-electron chi connectivity index (χ1n) is 7.42. The summed E-state index contributed by atoms with van der Waals surface area (Å²) < 4.78 is 4.60. The maximum Gasteiger partial charge on any atom is 0.305 e. The summed E-state index contributed by atoms with van der Waals surface area (Å²) in [5.41, 5.74) is 0. The van der Waals surface area contributed by atoms with Crippen LogP contribution < -0.4 is 0 Å². The van der Waals surface area contributed by atoms with Gasteiger partial charge in [0.25, 0.3) is 0 Å². The van der Waals surface area contributed by atoms with Crippen molar-refractivity contribution >= 4 is 5.97 Å². The molecular formula is C16H28O3. The predicted octanol–water partition coefficient (Wildman–Crippen LogP) is 3.18. The number of hydrogen-bond donors (Lipinski definition) is 1. The zero-order chi connectivity index (χ0) is 14.3. The number of esters is 1. The van der Waals surface area contributed by atoms with Crippen molar-refractivity contribution in [2.24, 2.45) is 23.7 Å². The highest BCUT2D eigenvalue weighted by molar-refractivity contribution is 5.68. The van der Waals surface area contributed by atoms with Crippen molar-refractivity contribution in [1.29, 1.82) is 0 Å². The lowest BCUT2D eigenvalue weighted by Gasteiger charge is -2.21. The topological polar surface area (TPSA) is 46.5 Å². The van der Waals surface area contributed by atoms with Crippen molar-refractivity contribution < 1.29 is 14.6 Å². The monoisotopic (exact) mass is 268 g/mol. The normalized spacial score (nSPS) is 30.9. The summed E-state index contributed by atoms with van der Waals surface area (Å²) >= 11 is 0. The Balaban J connectivity index is 2.25. The molecule has 1 fully saturated rings. The molecule has 4 atom stereocenters. The van der Waals surface area contributed by atoms with Gasteiger partial charge in [0.1, 0.15) is 0 Å². The Morgan fingerprint density at radius 2 is 1.95 bits per heavy atom. The second-order valence-corrected chi connectivity index (χ2v) is 5.88. The largest absolute Gasteiger partial charge is 0.469 e. The minimum atomic E-state index is -0.132. The van der Waals surface area contributed by atoms with Crippen molar-refractivity contribution in [3.8, 4) is 0 Å². The maximum atomic E-state index is 10.9. The molecule has 3 nitrogen and oxygen atoms in total. The molecule has 0 heterocycles. The molecule has 0 bridgehead atoms. The first-order valence-corrected chi connectivity index (χ1v) is 7.42. The quantitative estimate of drug-likeness (QED) is 0.438. The number of aliphatic hydroxyl groups is 1. The van der Waals surface area contributed by atoms with Crippen molar-refractivity contribution in [3.63, 3.8) is 0 Å². The van der Waals surface area contributed by atoms with Crippen molar-refractivity contribution in [2.45, 2.75) is 46.0 Å². The summed E-state index contributed by atoms with van der Waals surface area (Å²) in [4.78, 5) is 10.9. The van der Waals surface area contributed by atoms with E-state index in [-0.39, 0.29) is 5.97 Å². The molecule has 1 rings (SSSR count). The number of carbonyl (C=O) groups is 1. The molecule has 0 aromatic heterocycles. The van der Waals surface area contributed by atoms with E-state index in [1.54, 1.807) is 0 Å². The van der Waals surface area contributed by atoms with E-state index in [0.717, 1.165) is 19.3 Å². The van der Waals surface area contributed by atoms with Crippen LogP contribution >= 0.6 is 0 Å². The van der Waals surface area contributed by atoms with Gasteiger partial charge in [0.15, 0.2) is 0 Å². The molecule has 1 N–H and O–H groups in total. The molecule has 1 saturated carbocycles. The SMILES string of the molecule is COC(=O)CCC/C=C\C[C@@H]1[C@@H](CO)[C@H](C)C[C@@H]1C. The number of carbonyl (C=O) groups excluding carboxylic acids is 1. The zero-order valence-corrected chi connectivity index (χ0v) is 12.5. The predicted molar refractivity (Wildman–Crippen MR) is 76.6 cm³/mol. The molecule has 110 valence electrons. The standard InChI is InChI=1S/C16H28O3/c1-12-10-13(2)15(11-17)14(12)8-6-4-5-7-9-16(18)19-3/h4,6,12-15,17H,5,7-11H2,1-3H3/b6-4-/t12-,13+,14-,15-/m0/s1. The molecule has 0 amide bonds. The average molecular weight is 268 g/mol. The second kappa shape index (κ2) is 8.36. The van der Waals surface area contributed by atoms with Crippen LogP contribution in [0.4, 0.5) is 0 Å². The Morgan fingerprint density at radius 3 is 2.58 bits per heavy atom. The fourth-order valence-electron chi connectivity index (χ4n) is 3.34. The summed E-state index contributed by atoms with van der Waals surface area (Å²) in [5, 5.41) is 9.48. The van der Waals surface area contributed by atoms with Gasteiger partial charge in [-0.05, 0) is 49.4 Å². The second-order valence-electron chi connectivity index (χ2n) is 5.88. The molecule has 0 aromatic carbocycles. The summed E-state index contributed by atoms with van der Waals surface area (Å²) in [6.07, 6.45) is 8.93. The Morgan fingerprint density at radius 1 is 1.26 bits per heavy atom. The smallest absolute Gasteiger partial charge is 0.305 e. The summed E-state index contributed by atoms with van der Waals surface area (Å²) in [7, 11) is 1.43. The summed E-state index contributed by atoms with van der Waals surface area (Å²) in [5.74, 6) is 2.27. The van der Waals surface area contributed by atoms with Crippen molar-refractivity contribution in [1.82, 2.24) is 0 Å². The van der Waals surface area contributed by atoms with Crippen LogP contribution in [-0.4, -0.2) is 24.8 Å². The van der Waals surface area contributed by atoms with Gasteiger partial charge < -0.3 is 9.84 Å². The molecule has 0 saturated heterocycles. The van der Waals surface area contributed by atoms with Gasteiger partial charge >= 0.3 is 5.97 Å². The van der Waals surface area contributed by atoms with Gasteiger partial charge in [-0.3, -0.25) is 4.79 Å². The van der Waals surface area contributed by atoms with Crippen LogP contribution in [0.1, 0.15) is 46.0 Å². The van der Waals surface area contributed by atoms with E-state index in [4.69, 9.17) is 0 Å². The van der Waals surface area contributed by atoms with E-state index >= 15 is 0 Å². The zero-order valence-electron chi connectivity index (χ0n) is 12.5. The first kappa shape index (κ1) is 16.2. The summed E-state index contributed by atoms with van der Waals surface area (Å²) in [6.45, 7) is 4.85. The van der Waals surface area contributed by atoms with Crippen LogP contribution in [0.25, 0.3) is 0 Å². The van der Waals surface area contributed by atoms with Crippen LogP contribution in [0.5, 0.6) is 0 Å². The Bertz CT molecular complexity index is 298. The van der Waals surface area contributed by atoms with Gasteiger partial charge in [0.05, 0.1) is 7.11 Å². The molecule has 19 heavy (non-hydrogen) atoms. The molecular weight excluding hydrogens is 240 g/mol. The van der Waals surface area contributed by atoms with E-state index in [1.807, 2.05) is 0 Å². The number of aliphatic hydroxyl groups excluding tert-OH is 1. The van der Waals surface area contributed by atoms with Gasteiger partial charge in [-0.1, -0.05) is 26.0 Å². The number of rotatable bonds is 7. The molecule has 0 radical (unpaired) electrons. The van der Waals surface area contributed by atoms with Gasteiger partial charge in [0, 0.05) is 13.0 Å². The van der Waals surface area contributed by atoms with E-state index in [2.05, 4.69) is 30.7 Å². The minimum Gasteiger partial charge on any atom is -0.469 e. The average Bonchev–Trinajstić information content (AvgIpc) is 2.67. The lowest BCUT2D eigenvalue weighted by Crippen LogP contribution is -2.19. The van der Waals surface area contributed by atoms with Gasteiger partial charge in [-0.15, -0.1) is 0 Å². The Labute approximate surface area is 117 Å². The molecule has 0 aliphatic heterocycles. The molecule has 0 unspecified atom stereocenters. The van der Waals surface area contributed by atoms with Gasteiger partial charge in [0.2, 0.25) is 0 Å². The van der Waals surface area contributed by atoms with E-state index in [1.165, 1.54) is 13.5 Å². The molecule has 3 heteroatoms. The van der Waals surface area contributed by atoms with Crippen LogP contribution in [0.2, 0.25) is 0 Å². The lowest BCUT2D eigenvalue weighted by molar-refractivity contribution is -0.140. The van der Waals surface area contributed by atoms with Gasteiger partial charge in [-0.25, -0.2) is 0 Å². The van der Waals surface area contributed by atoms with Crippen LogP contribution in [0, 0.1) is 23.7 Å². The highest BCUT2D eigenvalue weighted by atomic mass is 16.5. The third kappa shape index (κ3) is 4.98. The van der Waals surface area contributed by atoms with Crippen LogP contribution in [0.3, 0.4) is 0 Å². The highest BCUT2D eigenvalue weighted by Gasteiger charge is 2.37. The van der Waals surface area contributed by atoms with E-state index in [9.17, 15) is 9.90 Å². The number of methoxy groups -OCH3 is 1. The minimum absolute atomic E-state index is 0.132. The fraction of sp³-hybridized carbons (Fsp3) is 0.812. The number of unbranched alkanes of at least 4 members (excludes halogenated alkanes) is 1. The molecule has 1 aliphatic rings. The van der Waals surface area contributed by atoms with Crippen molar-refractivity contribution in [2.75, 3.05) is 13.7 Å². The number of allylic oxidation sites excluding steroid dienone is 2. The first-order chi connectivity index (χ1) is 9.10. The number of hydrogen-bond acceptors (Lipinski definition) is 3. The van der Waals surface area contributed by atoms with Crippen LogP contribution in [-0.2, 0) is 9.53 Å². The fourth-order valence-corrected chi connectivity index (χ4v) is 3.34. The third-order valence-corrected chi connectivity index (χ3v) is 4.52. The summed E-state index contributed by atoms with van der Waals surface area (Å²) in [6, 6.07) is 0. The van der Waals surface area contributed by atoms with Crippen LogP contribution in [0.15, 0.2) is 12.2 Å². The maximum absolute atomic E-state index is 10.9. The molecule has 1 aliphatic carbocycles. The number of ether oxygens (including phenoxy) is 1.